The number of ether oxygens (including phenoxy) is 1. The molecule has 1 aromatic rings. The molecular weight excluding hydrogens is 292 g/mol. The molecule has 0 spiro atoms. The number of rotatable bonds is 4. The van der Waals surface area contributed by atoms with E-state index in [9.17, 15) is 9.59 Å². The van der Waals surface area contributed by atoms with E-state index in [0.717, 1.165) is 25.0 Å². The van der Waals surface area contributed by atoms with E-state index in [4.69, 9.17) is 4.74 Å². The summed E-state index contributed by atoms with van der Waals surface area (Å²) in [5, 5.41) is 5.47. The second-order valence-corrected chi connectivity index (χ2v) is 6.49. The van der Waals surface area contributed by atoms with Crippen LogP contribution < -0.4 is 15.4 Å². The van der Waals surface area contributed by atoms with Gasteiger partial charge < -0.3 is 15.4 Å². The summed E-state index contributed by atoms with van der Waals surface area (Å²) >= 11 is 0. The summed E-state index contributed by atoms with van der Waals surface area (Å²) < 4.78 is 5.54. The molecule has 2 rings (SSSR count). The highest BCUT2D eigenvalue weighted by atomic mass is 16.5. The SMILES string of the molecule is CC(C)Oc1ccc(NC(=O)C(=O)N[C@H]2CCCC[C@@H]2C)cc1. The molecule has 0 unspecified atom stereocenters. The summed E-state index contributed by atoms with van der Waals surface area (Å²) in [6.45, 7) is 6.02. The quantitative estimate of drug-likeness (QED) is 0.838. The zero-order chi connectivity index (χ0) is 16.8. The highest BCUT2D eigenvalue weighted by Gasteiger charge is 2.25. The molecule has 5 nitrogen and oxygen atoms in total. The summed E-state index contributed by atoms with van der Waals surface area (Å²) in [7, 11) is 0. The van der Waals surface area contributed by atoms with Gasteiger partial charge in [0.1, 0.15) is 5.75 Å². The van der Waals surface area contributed by atoms with Gasteiger partial charge in [-0.2, -0.15) is 0 Å². The standard InChI is InChI=1S/C18H26N2O3/c1-12(2)23-15-10-8-14(9-11-15)19-17(21)18(22)20-16-7-5-4-6-13(16)3/h8-13,16H,4-7H2,1-3H3,(H,19,21)(H,20,22)/t13-,16-/m0/s1. The first-order valence-corrected chi connectivity index (χ1v) is 8.34. The Labute approximate surface area is 137 Å². The molecular formula is C18H26N2O3. The van der Waals surface area contributed by atoms with Crippen LogP contribution in [-0.4, -0.2) is 24.0 Å². The summed E-state index contributed by atoms with van der Waals surface area (Å²) in [6, 6.07) is 7.11. The van der Waals surface area contributed by atoms with E-state index >= 15 is 0 Å². The van der Waals surface area contributed by atoms with Gasteiger partial charge in [0.05, 0.1) is 6.10 Å². The first kappa shape index (κ1) is 17.3. The number of benzene rings is 1. The van der Waals surface area contributed by atoms with Crippen molar-refractivity contribution in [3.8, 4) is 5.75 Å². The fraction of sp³-hybridized carbons (Fsp3) is 0.556. The van der Waals surface area contributed by atoms with Gasteiger partial charge in [0.2, 0.25) is 0 Å². The Bertz CT molecular complexity index is 540. The molecule has 1 aliphatic rings. The van der Waals surface area contributed by atoms with Crippen LogP contribution in [0.15, 0.2) is 24.3 Å². The van der Waals surface area contributed by atoms with Crippen LogP contribution in [0.5, 0.6) is 5.75 Å². The molecule has 2 amide bonds. The number of amides is 2. The number of carbonyl (C=O) groups is 2. The van der Waals surface area contributed by atoms with Crippen molar-refractivity contribution in [2.45, 2.75) is 58.6 Å². The molecule has 1 aromatic carbocycles. The lowest BCUT2D eigenvalue weighted by Gasteiger charge is -2.29. The van der Waals surface area contributed by atoms with Crippen molar-refractivity contribution in [3.63, 3.8) is 0 Å². The van der Waals surface area contributed by atoms with Gasteiger partial charge in [0.25, 0.3) is 0 Å². The van der Waals surface area contributed by atoms with Crippen molar-refractivity contribution < 1.29 is 14.3 Å². The number of carbonyl (C=O) groups excluding carboxylic acids is 2. The third kappa shape index (κ3) is 5.27. The summed E-state index contributed by atoms with van der Waals surface area (Å²) in [5.74, 6) is -0.0296. The van der Waals surface area contributed by atoms with Crippen molar-refractivity contribution in [3.05, 3.63) is 24.3 Å². The van der Waals surface area contributed by atoms with Crippen molar-refractivity contribution in [2.75, 3.05) is 5.32 Å². The fourth-order valence-electron chi connectivity index (χ4n) is 2.84. The number of hydrogen-bond acceptors (Lipinski definition) is 3. The van der Waals surface area contributed by atoms with Gasteiger partial charge in [-0.25, -0.2) is 0 Å². The van der Waals surface area contributed by atoms with E-state index in [2.05, 4.69) is 17.6 Å². The molecule has 0 bridgehead atoms. The van der Waals surface area contributed by atoms with Crippen molar-refractivity contribution in [1.29, 1.82) is 0 Å². The highest BCUT2D eigenvalue weighted by Crippen LogP contribution is 2.23. The van der Waals surface area contributed by atoms with Crippen LogP contribution >= 0.6 is 0 Å². The van der Waals surface area contributed by atoms with Gasteiger partial charge in [-0.05, 0) is 56.9 Å². The van der Waals surface area contributed by atoms with Gasteiger partial charge in [-0.1, -0.05) is 19.8 Å². The van der Waals surface area contributed by atoms with Crippen molar-refractivity contribution in [1.82, 2.24) is 5.32 Å². The Kier molecular flexibility index (Phi) is 6.02. The summed E-state index contributed by atoms with van der Waals surface area (Å²) in [4.78, 5) is 24.0. The summed E-state index contributed by atoms with van der Waals surface area (Å²) in [6.07, 6.45) is 4.45. The fourth-order valence-corrected chi connectivity index (χ4v) is 2.84. The second-order valence-electron chi connectivity index (χ2n) is 6.49. The zero-order valence-corrected chi connectivity index (χ0v) is 14.1. The molecule has 1 fully saturated rings. The minimum absolute atomic E-state index is 0.0960. The smallest absolute Gasteiger partial charge is 0.313 e. The molecule has 0 heterocycles. The average Bonchev–Trinajstić information content (AvgIpc) is 2.51. The van der Waals surface area contributed by atoms with E-state index in [-0.39, 0.29) is 12.1 Å². The molecule has 126 valence electrons. The molecule has 0 aliphatic heterocycles. The van der Waals surface area contributed by atoms with E-state index in [1.807, 2.05) is 13.8 Å². The molecule has 5 heteroatoms. The Morgan fingerprint density at radius 2 is 1.74 bits per heavy atom. The third-order valence-corrected chi connectivity index (χ3v) is 4.12. The maximum absolute atomic E-state index is 12.0. The van der Waals surface area contributed by atoms with Crippen LogP contribution in [0.4, 0.5) is 5.69 Å². The molecule has 0 aromatic heterocycles. The van der Waals surface area contributed by atoms with Crippen LogP contribution in [0.3, 0.4) is 0 Å². The zero-order valence-electron chi connectivity index (χ0n) is 14.1. The Hall–Kier alpha value is -2.04. The molecule has 1 aliphatic carbocycles. The molecule has 0 saturated heterocycles. The Morgan fingerprint density at radius 1 is 1.09 bits per heavy atom. The van der Waals surface area contributed by atoms with Crippen LogP contribution in [0, 0.1) is 5.92 Å². The number of hydrogen-bond donors (Lipinski definition) is 2. The summed E-state index contributed by atoms with van der Waals surface area (Å²) in [5.41, 5.74) is 0.581. The maximum atomic E-state index is 12.0. The van der Waals surface area contributed by atoms with Gasteiger partial charge in [-0.15, -0.1) is 0 Å². The van der Waals surface area contributed by atoms with E-state index in [1.165, 1.54) is 6.42 Å². The minimum Gasteiger partial charge on any atom is -0.491 e. The third-order valence-electron chi connectivity index (χ3n) is 4.12. The van der Waals surface area contributed by atoms with E-state index in [0.29, 0.717) is 11.6 Å². The Morgan fingerprint density at radius 3 is 2.35 bits per heavy atom. The predicted octanol–water partition coefficient (Wildman–Crippen LogP) is 3.11. The monoisotopic (exact) mass is 318 g/mol. The highest BCUT2D eigenvalue weighted by molar-refractivity contribution is 6.39. The molecule has 1 saturated carbocycles. The predicted molar refractivity (Wildman–Crippen MR) is 90.4 cm³/mol. The lowest BCUT2D eigenvalue weighted by Crippen LogP contribution is -2.45. The van der Waals surface area contributed by atoms with Crippen LogP contribution in [-0.2, 0) is 9.59 Å². The van der Waals surface area contributed by atoms with Crippen molar-refractivity contribution >= 4 is 17.5 Å². The van der Waals surface area contributed by atoms with Crippen LogP contribution in [0.2, 0.25) is 0 Å². The number of anilines is 1. The van der Waals surface area contributed by atoms with E-state index in [1.54, 1.807) is 24.3 Å². The average molecular weight is 318 g/mol. The largest absolute Gasteiger partial charge is 0.491 e. The molecule has 23 heavy (non-hydrogen) atoms. The first-order valence-electron chi connectivity index (χ1n) is 8.34. The van der Waals surface area contributed by atoms with E-state index < -0.39 is 11.8 Å². The first-order chi connectivity index (χ1) is 11.0. The maximum Gasteiger partial charge on any atom is 0.313 e. The Balaban J connectivity index is 1.86. The van der Waals surface area contributed by atoms with Gasteiger partial charge in [0, 0.05) is 11.7 Å². The topological polar surface area (TPSA) is 67.4 Å². The second kappa shape index (κ2) is 7.99. The van der Waals surface area contributed by atoms with Crippen LogP contribution in [0.25, 0.3) is 0 Å². The normalized spacial score (nSPS) is 20.9. The van der Waals surface area contributed by atoms with Gasteiger partial charge in [0.15, 0.2) is 0 Å². The van der Waals surface area contributed by atoms with Crippen LogP contribution in [0.1, 0.15) is 46.5 Å². The van der Waals surface area contributed by atoms with Gasteiger partial charge >= 0.3 is 11.8 Å². The molecule has 2 N–H and O–H groups in total. The lowest BCUT2D eigenvalue weighted by atomic mass is 9.86. The van der Waals surface area contributed by atoms with Gasteiger partial charge in [-0.3, -0.25) is 9.59 Å². The number of nitrogens with one attached hydrogen (secondary N) is 2. The molecule has 0 radical (unpaired) electrons. The van der Waals surface area contributed by atoms with Crippen molar-refractivity contribution in [2.24, 2.45) is 5.92 Å². The minimum atomic E-state index is -0.625. The molecule has 2 atom stereocenters. The lowest BCUT2D eigenvalue weighted by molar-refractivity contribution is -0.137.